The summed E-state index contributed by atoms with van der Waals surface area (Å²) in [5, 5.41) is 12.3. The Balaban J connectivity index is 1.30. The monoisotopic (exact) mass is 431 g/mol. The zero-order valence-corrected chi connectivity index (χ0v) is 18.2. The van der Waals surface area contributed by atoms with Crippen molar-refractivity contribution in [2.45, 2.75) is 38.1 Å². The number of carbonyl (C=O) groups is 2. The van der Waals surface area contributed by atoms with Gasteiger partial charge < -0.3 is 9.80 Å². The lowest BCUT2D eigenvalue weighted by atomic mass is 9.98. The van der Waals surface area contributed by atoms with Crippen LogP contribution in [0.2, 0.25) is 0 Å². The van der Waals surface area contributed by atoms with Crippen molar-refractivity contribution in [1.82, 2.24) is 35.0 Å². The van der Waals surface area contributed by atoms with Crippen LogP contribution in [0.4, 0.5) is 0 Å². The molecule has 1 aliphatic carbocycles. The predicted molar refractivity (Wildman–Crippen MR) is 116 cm³/mol. The van der Waals surface area contributed by atoms with Crippen molar-refractivity contribution in [2.24, 2.45) is 0 Å². The highest BCUT2D eigenvalue weighted by Crippen LogP contribution is 2.39. The minimum absolute atomic E-state index is 0.0421. The summed E-state index contributed by atoms with van der Waals surface area (Å²) in [7, 11) is 0. The molecule has 0 N–H and O–H groups in total. The van der Waals surface area contributed by atoms with Gasteiger partial charge in [0, 0.05) is 31.2 Å². The third kappa shape index (κ3) is 3.86. The molecule has 2 fully saturated rings. The summed E-state index contributed by atoms with van der Waals surface area (Å²) in [4.78, 5) is 35.7. The number of hydrogen-bond donors (Lipinski definition) is 0. The summed E-state index contributed by atoms with van der Waals surface area (Å²) in [6.45, 7) is 5.11. The van der Waals surface area contributed by atoms with Gasteiger partial charge in [0.05, 0.1) is 11.2 Å². The van der Waals surface area contributed by atoms with E-state index in [0.29, 0.717) is 31.2 Å². The van der Waals surface area contributed by atoms with Crippen molar-refractivity contribution >= 4 is 11.8 Å². The van der Waals surface area contributed by atoms with Crippen LogP contribution < -0.4 is 0 Å². The summed E-state index contributed by atoms with van der Waals surface area (Å²) in [6.07, 6.45) is 2.28. The van der Waals surface area contributed by atoms with Crippen molar-refractivity contribution in [1.29, 1.82) is 0 Å². The Bertz CT molecular complexity index is 1150. The quantitative estimate of drug-likeness (QED) is 0.629. The Morgan fingerprint density at radius 3 is 2.47 bits per heavy atom. The fourth-order valence-corrected chi connectivity index (χ4v) is 4.14. The second kappa shape index (κ2) is 7.81. The number of piperazine rings is 1. The molecule has 1 saturated heterocycles. The molecule has 3 aromatic rings. The molecule has 3 heterocycles. The van der Waals surface area contributed by atoms with Crippen LogP contribution in [-0.4, -0.2) is 72.0 Å². The maximum Gasteiger partial charge on any atom is 0.296 e. The number of hydrogen-bond acceptors (Lipinski definition) is 6. The molecular weight excluding hydrogens is 406 g/mol. The molecule has 9 heteroatoms. The number of para-hydroxylation sites is 1. The lowest BCUT2D eigenvalue weighted by molar-refractivity contribution is 0.0158. The summed E-state index contributed by atoms with van der Waals surface area (Å²) < 4.78 is 0. The fourth-order valence-electron chi connectivity index (χ4n) is 4.14. The third-order valence-electron chi connectivity index (χ3n) is 6.01. The van der Waals surface area contributed by atoms with E-state index in [1.54, 1.807) is 15.9 Å². The highest BCUT2D eigenvalue weighted by molar-refractivity contribution is 5.93. The molecule has 0 atom stereocenters. The first-order valence-corrected chi connectivity index (χ1v) is 10.9. The van der Waals surface area contributed by atoms with Crippen molar-refractivity contribution in [2.75, 3.05) is 19.6 Å². The van der Waals surface area contributed by atoms with Crippen LogP contribution in [-0.2, 0) is 0 Å². The molecule has 0 spiro atoms. The summed E-state index contributed by atoms with van der Waals surface area (Å²) in [6, 6.07) is 15.0. The first kappa shape index (κ1) is 20.3. The molecule has 164 valence electrons. The lowest BCUT2D eigenvalue weighted by Crippen LogP contribution is -2.62. The molecule has 1 aromatic carbocycles. The molecule has 32 heavy (non-hydrogen) atoms. The van der Waals surface area contributed by atoms with Gasteiger partial charge in [-0.1, -0.05) is 24.3 Å². The van der Waals surface area contributed by atoms with Crippen LogP contribution >= 0.6 is 0 Å². The van der Waals surface area contributed by atoms with Gasteiger partial charge in [-0.25, -0.2) is 4.98 Å². The molecule has 2 amide bonds. The van der Waals surface area contributed by atoms with Crippen LogP contribution in [0.15, 0.2) is 48.5 Å². The van der Waals surface area contributed by atoms with E-state index >= 15 is 0 Å². The number of rotatable bonds is 4. The Labute approximate surface area is 186 Å². The van der Waals surface area contributed by atoms with Crippen molar-refractivity contribution in [3.8, 4) is 5.69 Å². The van der Waals surface area contributed by atoms with Gasteiger partial charge in [0.15, 0.2) is 0 Å². The summed E-state index contributed by atoms with van der Waals surface area (Å²) in [5.74, 6) is 0.143. The molecule has 2 aliphatic rings. The molecule has 1 saturated carbocycles. The van der Waals surface area contributed by atoms with Crippen molar-refractivity contribution in [3.63, 3.8) is 0 Å². The van der Waals surface area contributed by atoms with E-state index in [-0.39, 0.29) is 17.6 Å². The number of carbonyl (C=O) groups excluding carboxylic acids is 2. The average molecular weight is 432 g/mol. The normalized spacial score (nSPS) is 17.9. The van der Waals surface area contributed by atoms with E-state index in [9.17, 15) is 9.59 Å². The minimum Gasteiger partial charge on any atom is -0.333 e. The lowest BCUT2D eigenvalue weighted by Gasteiger charge is -2.46. The van der Waals surface area contributed by atoms with E-state index < -0.39 is 5.54 Å². The second-order valence-electron chi connectivity index (χ2n) is 8.96. The maximum atomic E-state index is 13.2. The van der Waals surface area contributed by atoms with Gasteiger partial charge in [-0.05, 0) is 56.2 Å². The smallest absolute Gasteiger partial charge is 0.296 e. The van der Waals surface area contributed by atoms with E-state index in [4.69, 9.17) is 0 Å². The van der Waals surface area contributed by atoms with Gasteiger partial charge in [0.2, 0.25) is 0 Å². The van der Waals surface area contributed by atoms with Gasteiger partial charge in [-0.15, -0.1) is 15.0 Å². The van der Waals surface area contributed by atoms with Gasteiger partial charge in [0.25, 0.3) is 17.6 Å². The molecular formula is C23H25N7O2. The average Bonchev–Trinajstić information content (AvgIpc) is 3.54. The first-order valence-electron chi connectivity index (χ1n) is 10.9. The molecule has 0 radical (unpaired) electrons. The number of benzene rings is 1. The highest BCUT2D eigenvalue weighted by atomic mass is 16.2. The van der Waals surface area contributed by atoms with Gasteiger partial charge in [-0.3, -0.25) is 9.59 Å². The predicted octanol–water partition coefficient (Wildman–Crippen LogP) is 2.31. The molecule has 0 unspecified atom stereocenters. The Hall–Kier alpha value is -3.62. The Kier molecular flexibility index (Phi) is 4.96. The minimum atomic E-state index is -0.586. The van der Waals surface area contributed by atoms with Gasteiger partial charge in [-0.2, -0.15) is 0 Å². The molecule has 2 aromatic heterocycles. The zero-order valence-electron chi connectivity index (χ0n) is 18.2. The van der Waals surface area contributed by atoms with E-state index in [2.05, 4.69) is 20.4 Å². The number of aromatic nitrogens is 5. The largest absolute Gasteiger partial charge is 0.333 e. The Morgan fingerprint density at radius 1 is 0.969 bits per heavy atom. The van der Waals surface area contributed by atoms with Crippen LogP contribution in [0.1, 0.15) is 59.4 Å². The third-order valence-corrected chi connectivity index (χ3v) is 6.01. The topological polar surface area (TPSA) is 97.1 Å². The van der Waals surface area contributed by atoms with Crippen LogP contribution in [0.3, 0.4) is 0 Å². The van der Waals surface area contributed by atoms with Crippen LogP contribution in [0.5, 0.6) is 0 Å². The SMILES string of the molecule is CC1(C)CN(C(=O)c2cccc(C3CC3)n2)CCN1C(=O)c1nnn(-c2ccccc2)n1. The molecule has 1 aliphatic heterocycles. The van der Waals surface area contributed by atoms with E-state index in [1.807, 2.05) is 56.3 Å². The standard InChI is InChI=1S/C23H25N7O2/c1-23(2)15-28(21(31)19-10-6-9-18(24-19)16-11-12-16)13-14-29(23)22(32)20-25-27-30(26-20)17-7-4-3-5-8-17/h3-10,16H,11-15H2,1-2H3. The maximum absolute atomic E-state index is 13.2. The van der Waals surface area contributed by atoms with Gasteiger partial charge >= 0.3 is 0 Å². The molecule has 0 bridgehead atoms. The number of amides is 2. The Morgan fingerprint density at radius 2 is 1.75 bits per heavy atom. The number of tetrazole rings is 1. The second-order valence-corrected chi connectivity index (χ2v) is 8.96. The molecule has 9 nitrogen and oxygen atoms in total. The van der Waals surface area contributed by atoms with E-state index in [1.165, 1.54) is 4.80 Å². The van der Waals surface area contributed by atoms with Gasteiger partial charge in [0.1, 0.15) is 5.69 Å². The summed E-state index contributed by atoms with van der Waals surface area (Å²) in [5.41, 5.74) is 1.61. The number of nitrogens with zero attached hydrogens (tertiary/aromatic N) is 7. The number of pyridine rings is 1. The van der Waals surface area contributed by atoms with Crippen molar-refractivity contribution in [3.05, 3.63) is 65.7 Å². The van der Waals surface area contributed by atoms with E-state index in [0.717, 1.165) is 24.2 Å². The van der Waals surface area contributed by atoms with Crippen LogP contribution in [0.25, 0.3) is 5.69 Å². The first-order chi connectivity index (χ1) is 15.4. The molecule has 5 rings (SSSR count). The van der Waals surface area contributed by atoms with Crippen LogP contribution in [0, 0.1) is 0 Å². The fraction of sp³-hybridized carbons (Fsp3) is 0.391. The highest BCUT2D eigenvalue weighted by Gasteiger charge is 2.40. The van der Waals surface area contributed by atoms with Crippen molar-refractivity contribution < 1.29 is 9.59 Å². The summed E-state index contributed by atoms with van der Waals surface area (Å²) >= 11 is 0. The zero-order chi connectivity index (χ0) is 22.3.